The van der Waals surface area contributed by atoms with Gasteiger partial charge in [0.1, 0.15) is 5.82 Å². The molecule has 0 aliphatic heterocycles. The molecule has 0 bridgehead atoms. The number of hydrogen-bond acceptors (Lipinski definition) is 0. The molecule has 0 amide bonds. The Morgan fingerprint density at radius 2 is 0.423 bits per heavy atom. The van der Waals surface area contributed by atoms with Gasteiger partial charge in [0.05, 0.1) is 0 Å². The number of benzene rings is 17. The molecule has 0 aliphatic rings. The predicted molar refractivity (Wildman–Crippen MR) is 660 cm³/mol. The van der Waals surface area contributed by atoms with Crippen LogP contribution in [0.15, 0.2) is 449 Å². The second kappa shape index (κ2) is 160. The van der Waals surface area contributed by atoms with Gasteiger partial charge in [0.15, 0.2) is 0 Å². The first kappa shape index (κ1) is 180. The maximum atomic E-state index is 12.6. The summed E-state index contributed by atoms with van der Waals surface area (Å²) in [5.41, 5.74) is 20.8. The summed E-state index contributed by atoms with van der Waals surface area (Å²) in [6.07, 6.45) is 0. The number of rotatable bonds is 6. The summed E-state index contributed by atoms with van der Waals surface area (Å²) in [5.74, 6) is -0.195. The summed E-state index contributed by atoms with van der Waals surface area (Å²) in [7, 11) is 0. The van der Waals surface area contributed by atoms with Gasteiger partial charge in [-0.25, -0.2) is 4.39 Å². The molecule has 0 nitrogen and oxygen atoms in total. The zero-order chi connectivity index (χ0) is 112. The smallest absolute Gasteiger partial charge is 0.123 e. The first-order valence-electron chi connectivity index (χ1n) is 53.7. The van der Waals surface area contributed by atoms with E-state index in [1.807, 2.05) is 510 Å². The van der Waals surface area contributed by atoms with E-state index in [4.69, 9.17) is 0 Å². The Morgan fingerprint density at radius 1 is 0.154 bits per heavy atom. The molecule has 0 saturated heterocycles. The predicted octanol–water partition coefficient (Wildman–Crippen LogP) is 46.7. The molecule has 0 spiro atoms. The maximum absolute atomic E-state index is 12.6. The number of halogens is 1. The topological polar surface area (TPSA) is 0 Å². The largest absolute Gasteiger partial charge is 0.207 e. The van der Waals surface area contributed by atoms with Crippen LogP contribution in [0.2, 0.25) is 0 Å². The molecule has 0 saturated carbocycles. The minimum atomic E-state index is -0.195. The Balaban J connectivity index is -0.0000000836. The van der Waals surface area contributed by atoms with Gasteiger partial charge in [0.2, 0.25) is 0 Å². The molecule has 0 fully saturated rings. The summed E-state index contributed by atoms with van der Waals surface area (Å²) in [4.78, 5) is 0. The summed E-state index contributed by atoms with van der Waals surface area (Å²) >= 11 is 0. The zero-order valence-corrected chi connectivity index (χ0v) is 115. The fraction of sp³-hybridized carbons (Fsp3) is 0.287. The van der Waals surface area contributed by atoms with Crippen molar-refractivity contribution in [2.45, 2.75) is 284 Å². The first-order chi connectivity index (χ1) is 71.2. The average Bonchev–Trinajstić information content (AvgIpc) is 0.852. The SMILES string of the molecule is CC.CC.CC.CC.CC.CC.CC.CC.CC.CC.CC.CC.CC.CC.CC.CC.CC.CC.Cc1[c-]cc(-c2ccccc2)cc1.Cc1[c-]ccc(-c2ccccc2)c1.Cc1[c-]cccc1-c1ccccc1.Cc1c[c-]cc(-c2ccccc2)c1.Cc1c[c-]ccc1-c1ccccc1.Fc1ccc(-c2ccccc2)cc1.[Y].[Y].[Y].[Y].[Y].[c-]1ccccc1.[c-]1ccccc1.[c-]1ccccc1.[c-]1ccccc1.[c-]1ccccc1. The molecule has 17 rings (SSSR count). The van der Waals surface area contributed by atoms with E-state index < -0.39 is 0 Å². The molecule has 0 atom stereocenters. The zero-order valence-electron chi connectivity index (χ0n) is 101. The van der Waals surface area contributed by atoms with Gasteiger partial charge in [-0.1, -0.05) is 495 Å². The monoisotopic (exact) mass is 2380 g/mol. The van der Waals surface area contributed by atoms with Crippen LogP contribution in [0.5, 0.6) is 0 Å². The molecule has 0 heterocycles. The van der Waals surface area contributed by atoms with Crippen molar-refractivity contribution >= 4 is 0 Å². The van der Waals surface area contributed by atoms with Crippen LogP contribution in [0.4, 0.5) is 4.39 Å². The Hall–Kier alpha value is -7.81. The van der Waals surface area contributed by atoms with E-state index in [0.717, 1.165) is 11.1 Å². The van der Waals surface area contributed by atoms with Gasteiger partial charge < -0.3 is 0 Å². The molecule has 0 aliphatic carbocycles. The maximum Gasteiger partial charge on any atom is 0.123 e. The van der Waals surface area contributed by atoms with Crippen molar-refractivity contribution < 1.29 is 168 Å². The summed E-state index contributed by atoms with van der Waals surface area (Å²) < 4.78 is 12.6. The molecule has 0 unspecified atom stereocenters. The summed E-state index contributed by atoms with van der Waals surface area (Å²) in [6.45, 7) is 82.4. The fourth-order valence-corrected chi connectivity index (χ4v) is 9.99. The van der Waals surface area contributed by atoms with Crippen molar-refractivity contribution in [2.24, 2.45) is 0 Å². The third-order valence-corrected chi connectivity index (χ3v) is 15.5. The van der Waals surface area contributed by atoms with Crippen molar-refractivity contribution in [2.75, 3.05) is 0 Å². The second-order valence-corrected chi connectivity index (χ2v) is 23.9. The Bertz CT molecular complexity index is 4410. The van der Waals surface area contributed by atoms with Crippen LogP contribution in [0.25, 0.3) is 66.8 Å². The van der Waals surface area contributed by atoms with E-state index in [9.17, 15) is 4.39 Å². The van der Waals surface area contributed by atoms with Gasteiger partial charge in [-0.3, -0.25) is 0 Å². The van der Waals surface area contributed by atoms with Gasteiger partial charge >= 0.3 is 0 Å². The van der Waals surface area contributed by atoms with E-state index in [1.54, 1.807) is 12.1 Å². The molecular weight excluding hydrogens is 2180 g/mol. The third-order valence-electron chi connectivity index (χ3n) is 15.5. The van der Waals surface area contributed by atoms with Crippen LogP contribution >= 0.6 is 0 Å². The van der Waals surface area contributed by atoms with Gasteiger partial charge in [-0.2, -0.15) is 331 Å². The Morgan fingerprint density at radius 3 is 0.685 bits per heavy atom. The average molecular weight is 2380 g/mol. The van der Waals surface area contributed by atoms with Crippen molar-refractivity contribution in [3.05, 3.63) is 543 Å². The van der Waals surface area contributed by atoms with Crippen LogP contribution < -0.4 is 0 Å². The molecule has 17 aromatic rings. The molecule has 149 heavy (non-hydrogen) atoms. The number of aryl methyl sites for hydroxylation is 5. The van der Waals surface area contributed by atoms with E-state index >= 15 is 0 Å². The van der Waals surface area contributed by atoms with Crippen molar-refractivity contribution in [1.82, 2.24) is 0 Å². The van der Waals surface area contributed by atoms with Crippen LogP contribution in [-0.4, -0.2) is 0 Å². The normalized spacial score (nSPS) is 7.53. The van der Waals surface area contributed by atoms with Gasteiger partial charge in [-0.05, 0) is 34.4 Å². The van der Waals surface area contributed by atoms with E-state index in [2.05, 4.69) is 259 Å². The van der Waals surface area contributed by atoms with E-state index in [0.29, 0.717) is 0 Å². The van der Waals surface area contributed by atoms with Gasteiger partial charge in [-0.15, -0.1) is 27.8 Å². The van der Waals surface area contributed by atoms with Crippen LogP contribution in [0.3, 0.4) is 0 Å². The molecular formula is C143H197FY5-10. The molecule has 0 aromatic heterocycles. The first-order valence-corrected chi connectivity index (χ1v) is 53.7. The van der Waals surface area contributed by atoms with Crippen molar-refractivity contribution in [3.63, 3.8) is 0 Å². The van der Waals surface area contributed by atoms with Gasteiger partial charge in [0.25, 0.3) is 0 Å². The fourth-order valence-electron chi connectivity index (χ4n) is 9.99. The van der Waals surface area contributed by atoms with Crippen LogP contribution in [0, 0.1) is 101 Å². The minimum Gasteiger partial charge on any atom is -0.207 e. The van der Waals surface area contributed by atoms with Gasteiger partial charge in [0, 0.05) is 164 Å². The summed E-state index contributed by atoms with van der Waals surface area (Å²) in [5, 5.41) is 0. The second-order valence-electron chi connectivity index (χ2n) is 23.9. The Labute approximate surface area is 1050 Å². The molecule has 17 aromatic carbocycles. The van der Waals surface area contributed by atoms with Crippen molar-refractivity contribution in [1.29, 1.82) is 0 Å². The number of hydrogen-bond donors (Lipinski definition) is 0. The van der Waals surface area contributed by atoms with Crippen LogP contribution in [0.1, 0.15) is 277 Å². The van der Waals surface area contributed by atoms with Crippen LogP contribution in [-0.2, 0) is 164 Å². The minimum absolute atomic E-state index is 0. The van der Waals surface area contributed by atoms with E-state index in [1.165, 1.54) is 95.6 Å². The quantitative estimate of drug-likeness (QED) is 0.146. The molecule has 0 N–H and O–H groups in total. The standard InChI is InChI=1S/5C13H11.C12H9F.5C6H5.18C2H6.5Y/c2*1-11-7-5-6-10-13(11)12-8-3-2-4-9-12;2*1-11-6-5-9-13(10-11)12-7-3-2-4-8-12;1-11-7-9-13(10-8-11)12-5-3-2-4-6-12;13-12-8-6-11(7-9-12)10-4-2-1-3-5-10;5*1-2-4-6-5-3-1;18*1-2;;;;;/h2-4,6-10H,1H3;2-6,8-10H,1H3;2-4,6-10H,1H3;2-5,7-10H,1H3;2-7,9-10H,1H3;1-9H;5*1-5H;18*1-2H3;;;;;/q5*-1;;5*-1;;;;;;;;;;;;;;;;;;;;;;;. The molecule has 5 radical (unpaired) electrons. The molecule has 6 heteroatoms. The molecule has 801 valence electrons. The summed E-state index contributed by atoms with van der Waals surface area (Å²) in [6, 6.07) is 177. The van der Waals surface area contributed by atoms with E-state index in [-0.39, 0.29) is 169 Å². The Kier molecular flexibility index (Phi) is 193. The third kappa shape index (κ3) is 110. The van der Waals surface area contributed by atoms with Crippen molar-refractivity contribution in [3.8, 4) is 66.8 Å².